The molecule has 0 radical (unpaired) electrons. The fraction of sp³-hybridized carbons (Fsp3) is 0.0909. The van der Waals surface area contributed by atoms with E-state index in [4.69, 9.17) is 5.21 Å². The van der Waals surface area contributed by atoms with E-state index in [9.17, 15) is 4.79 Å². The highest BCUT2D eigenvalue weighted by Crippen LogP contribution is 2.11. The SMILES string of the molecule is CC(=O)C=C(C=NO)c1ccccc1. The molecule has 3 heteroatoms. The summed E-state index contributed by atoms with van der Waals surface area (Å²) in [6, 6.07) is 9.28. The number of nitrogens with zero attached hydrogens (tertiary/aromatic N) is 1. The lowest BCUT2D eigenvalue weighted by molar-refractivity contribution is -0.112. The summed E-state index contributed by atoms with van der Waals surface area (Å²) in [5, 5.41) is 11.3. The molecule has 0 unspecified atom stereocenters. The van der Waals surface area contributed by atoms with Gasteiger partial charge in [-0.1, -0.05) is 35.5 Å². The monoisotopic (exact) mass is 189 g/mol. The Morgan fingerprint density at radius 3 is 2.50 bits per heavy atom. The van der Waals surface area contributed by atoms with Gasteiger partial charge in [0.05, 0.1) is 6.21 Å². The van der Waals surface area contributed by atoms with E-state index in [0.717, 1.165) is 5.56 Å². The second-order valence-electron chi connectivity index (χ2n) is 2.82. The fourth-order valence-corrected chi connectivity index (χ4v) is 1.11. The molecule has 72 valence electrons. The average Bonchev–Trinajstić information content (AvgIpc) is 2.18. The highest BCUT2D eigenvalue weighted by Gasteiger charge is 1.98. The Balaban J connectivity index is 3.07. The molecule has 0 aliphatic carbocycles. The smallest absolute Gasteiger partial charge is 0.153 e. The van der Waals surface area contributed by atoms with Gasteiger partial charge in [0.15, 0.2) is 5.78 Å². The Morgan fingerprint density at radius 2 is 2.00 bits per heavy atom. The van der Waals surface area contributed by atoms with E-state index in [2.05, 4.69) is 5.16 Å². The van der Waals surface area contributed by atoms with Crippen molar-refractivity contribution in [1.29, 1.82) is 0 Å². The molecule has 0 aromatic heterocycles. The molecule has 0 aliphatic rings. The van der Waals surface area contributed by atoms with Crippen molar-refractivity contribution in [3.63, 3.8) is 0 Å². The van der Waals surface area contributed by atoms with Crippen LogP contribution in [0.5, 0.6) is 0 Å². The van der Waals surface area contributed by atoms with Gasteiger partial charge in [0.25, 0.3) is 0 Å². The second kappa shape index (κ2) is 4.97. The van der Waals surface area contributed by atoms with Crippen molar-refractivity contribution in [3.05, 3.63) is 42.0 Å². The number of hydrogen-bond donors (Lipinski definition) is 1. The van der Waals surface area contributed by atoms with E-state index in [-0.39, 0.29) is 5.78 Å². The van der Waals surface area contributed by atoms with Crippen molar-refractivity contribution in [2.45, 2.75) is 6.92 Å². The number of benzene rings is 1. The Labute approximate surface area is 82.4 Å². The standard InChI is InChI=1S/C11H11NO2/c1-9(13)7-11(8-12-14)10-5-3-2-4-6-10/h2-8,14H,1H3. The average molecular weight is 189 g/mol. The Morgan fingerprint density at radius 1 is 1.36 bits per heavy atom. The van der Waals surface area contributed by atoms with Gasteiger partial charge in [0.1, 0.15) is 0 Å². The Bertz CT molecular complexity index is 366. The highest BCUT2D eigenvalue weighted by molar-refractivity contribution is 6.15. The van der Waals surface area contributed by atoms with E-state index in [1.165, 1.54) is 19.2 Å². The molecule has 0 heterocycles. The van der Waals surface area contributed by atoms with E-state index in [0.29, 0.717) is 5.57 Å². The molecule has 0 bridgehead atoms. The van der Waals surface area contributed by atoms with Crippen LogP contribution in [-0.4, -0.2) is 17.2 Å². The predicted molar refractivity (Wildman–Crippen MR) is 55.4 cm³/mol. The summed E-state index contributed by atoms with van der Waals surface area (Å²) in [4.78, 5) is 10.9. The zero-order chi connectivity index (χ0) is 10.4. The minimum absolute atomic E-state index is 0.0799. The maximum atomic E-state index is 10.9. The minimum Gasteiger partial charge on any atom is -0.411 e. The van der Waals surface area contributed by atoms with Gasteiger partial charge in [-0.2, -0.15) is 0 Å². The van der Waals surface area contributed by atoms with E-state index >= 15 is 0 Å². The number of ketones is 1. The van der Waals surface area contributed by atoms with Gasteiger partial charge in [-0.05, 0) is 18.6 Å². The molecule has 0 atom stereocenters. The van der Waals surface area contributed by atoms with Crippen LogP contribution in [-0.2, 0) is 4.79 Å². The first-order valence-corrected chi connectivity index (χ1v) is 4.19. The Hall–Kier alpha value is -1.90. The van der Waals surface area contributed by atoms with Crippen LogP contribution in [0.3, 0.4) is 0 Å². The van der Waals surface area contributed by atoms with E-state index in [1.807, 2.05) is 30.3 Å². The van der Waals surface area contributed by atoms with Crippen LogP contribution in [0.25, 0.3) is 5.57 Å². The topological polar surface area (TPSA) is 49.7 Å². The molecule has 14 heavy (non-hydrogen) atoms. The van der Waals surface area contributed by atoms with Crippen molar-refractivity contribution >= 4 is 17.6 Å². The van der Waals surface area contributed by atoms with Crippen LogP contribution in [0.2, 0.25) is 0 Å². The summed E-state index contributed by atoms with van der Waals surface area (Å²) in [5.74, 6) is -0.0799. The van der Waals surface area contributed by atoms with Crippen LogP contribution in [0, 0.1) is 0 Å². The molecule has 0 spiro atoms. The van der Waals surface area contributed by atoms with Crippen molar-refractivity contribution in [3.8, 4) is 0 Å². The predicted octanol–water partition coefficient (Wildman–Crippen LogP) is 2.12. The van der Waals surface area contributed by atoms with Crippen LogP contribution in [0.4, 0.5) is 0 Å². The van der Waals surface area contributed by atoms with Gasteiger partial charge in [-0.3, -0.25) is 4.79 Å². The number of allylic oxidation sites excluding steroid dienone is 2. The third-order valence-electron chi connectivity index (χ3n) is 1.66. The summed E-state index contributed by atoms with van der Waals surface area (Å²) >= 11 is 0. The third-order valence-corrected chi connectivity index (χ3v) is 1.66. The van der Waals surface area contributed by atoms with Crippen molar-refractivity contribution in [2.24, 2.45) is 5.16 Å². The first-order valence-electron chi connectivity index (χ1n) is 4.19. The zero-order valence-electron chi connectivity index (χ0n) is 7.84. The van der Waals surface area contributed by atoms with Gasteiger partial charge in [0.2, 0.25) is 0 Å². The van der Waals surface area contributed by atoms with Crippen LogP contribution < -0.4 is 0 Å². The number of rotatable bonds is 3. The molecule has 1 aromatic rings. The summed E-state index contributed by atoms with van der Waals surface area (Å²) in [7, 11) is 0. The van der Waals surface area contributed by atoms with Gasteiger partial charge in [-0.25, -0.2) is 0 Å². The highest BCUT2D eigenvalue weighted by atomic mass is 16.4. The van der Waals surface area contributed by atoms with Crippen LogP contribution in [0.15, 0.2) is 41.6 Å². The molecule has 1 rings (SSSR count). The molecule has 0 fully saturated rings. The molecular weight excluding hydrogens is 178 g/mol. The molecular formula is C11H11NO2. The summed E-state index contributed by atoms with van der Waals surface area (Å²) in [6.07, 6.45) is 2.67. The first-order chi connectivity index (χ1) is 6.74. The summed E-state index contributed by atoms with van der Waals surface area (Å²) in [5.41, 5.74) is 1.45. The number of carbonyl (C=O) groups excluding carboxylic acids is 1. The lowest BCUT2D eigenvalue weighted by Crippen LogP contribution is -1.90. The van der Waals surface area contributed by atoms with Gasteiger partial charge in [0, 0.05) is 5.57 Å². The van der Waals surface area contributed by atoms with Crippen LogP contribution >= 0.6 is 0 Å². The lowest BCUT2D eigenvalue weighted by atomic mass is 10.1. The molecule has 1 aromatic carbocycles. The first kappa shape index (κ1) is 10.2. The largest absolute Gasteiger partial charge is 0.411 e. The molecule has 0 amide bonds. The minimum atomic E-state index is -0.0799. The normalized spacial score (nSPS) is 11.9. The van der Waals surface area contributed by atoms with Gasteiger partial charge in [-0.15, -0.1) is 0 Å². The van der Waals surface area contributed by atoms with Gasteiger partial charge < -0.3 is 5.21 Å². The van der Waals surface area contributed by atoms with Gasteiger partial charge >= 0.3 is 0 Å². The number of carbonyl (C=O) groups is 1. The summed E-state index contributed by atoms with van der Waals surface area (Å²) in [6.45, 7) is 1.45. The molecule has 0 aliphatic heterocycles. The maximum absolute atomic E-state index is 10.9. The van der Waals surface area contributed by atoms with E-state index < -0.39 is 0 Å². The molecule has 1 N–H and O–H groups in total. The number of hydrogen-bond acceptors (Lipinski definition) is 3. The lowest BCUT2D eigenvalue weighted by Gasteiger charge is -1.99. The van der Waals surface area contributed by atoms with Crippen molar-refractivity contribution < 1.29 is 10.0 Å². The third kappa shape index (κ3) is 2.86. The van der Waals surface area contributed by atoms with Crippen LogP contribution in [0.1, 0.15) is 12.5 Å². The molecule has 0 saturated carbocycles. The molecule has 3 nitrogen and oxygen atoms in total. The Kier molecular flexibility index (Phi) is 3.61. The van der Waals surface area contributed by atoms with Crippen molar-refractivity contribution in [2.75, 3.05) is 0 Å². The number of oxime groups is 1. The second-order valence-corrected chi connectivity index (χ2v) is 2.82. The maximum Gasteiger partial charge on any atom is 0.153 e. The zero-order valence-corrected chi connectivity index (χ0v) is 7.84. The molecule has 0 saturated heterocycles. The summed E-state index contributed by atoms with van der Waals surface area (Å²) < 4.78 is 0. The quantitative estimate of drug-likeness (QED) is 0.342. The van der Waals surface area contributed by atoms with Crippen molar-refractivity contribution in [1.82, 2.24) is 0 Å². The fourth-order valence-electron chi connectivity index (χ4n) is 1.11. The van der Waals surface area contributed by atoms with E-state index in [1.54, 1.807) is 0 Å².